The van der Waals surface area contributed by atoms with E-state index in [1.807, 2.05) is 30.6 Å². The molecule has 0 N–H and O–H groups in total. The van der Waals surface area contributed by atoms with Gasteiger partial charge in [0, 0.05) is 25.4 Å². The van der Waals surface area contributed by atoms with Crippen LogP contribution in [0.1, 0.15) is 24.7 Å². The van der Waals surface area contributed by atoms with Crippen molar-refractivity contribution in [1.29, 1.82) is 5.26 Å². The van der Waals surface area contributed by atoms with Crippen molar-refractivity contribution in [3.05, 3.63) is 48.0 Å². The minimum atomic E-state index is 0.583. The van der Waals surface area contributed by atoms with Gasteiger partial charge >= 0.3 is 0 Å². The molecule has 0 fully saturated rings. The van der Waals surface area contributed by atoms with E-state index in [9.17, 15) is 0 Å². The first-order valence-electron chi connectivity index (χ1n) is 6.47. The van der Waals surface area contributed by atoms with Gasteiger partial charge in [-0.2, -0.15) is 5.26 Å². The zero-order valence-corrected chi connectivity index (χ0v) is 11.0. The third-order valence-corrected chi connectivity index (χ3v) is 2.93. The van der Waals surface area contributed by atoms with Crippen molar-refractivity contribution in [1.82, 2.24) is 9.55 Å². The predicted molar refractivity (Wildman–Crippen MR) is 72.9 cm³/mol. The smallest absolute Gasteiger partial charge is 0.137 e. The van der Waals surface area contributed by atoms with E-state index in [0.29, 0.717) is 17.9 Å². The molecular weight excluding hydrogens is 238 g/mol. The molecule has 0 saturated carbocycles. The Kier molecular flexibility index (Phi) is 4.57. The summed E-state index contributed by atoms with van der Waals surface area (Å²) in [4.78, 5) is 4.28. The number of hydrogen-bond donors (Lipinski definition) is 0. The monoisotopic (exact) mass is 255 g/mol. The zero-order chi connectivity index (χ0) is 13.5. The van der Waals surface area contributed by atoms with Gasteiger partial charge in [0.1, 0.15) is 17.6 Å². The van der Waals surface area contributed by atoms with E-state index in [1.165, 1.54) is 0 Å². The van der Waals surface area contributed by atoms with E-state index in [1.54, 1.807) is 6.07 Å². The largest absolute Gasteiger partial charge is 0.492 e. The van der Waals surface area contributed by atoms with E-state index in [-0.39, 0.29) is 0 Å². The van der Waals surface area contributed by atoms with Gasteiger partial charge < -0.3 is 9.30 Å². The summed E-state index contributed by atoms with van der Waals surface area (Å²) in [5.41, 5.74) is 0.583. The number of aromatic nitrogens is 2. The molecule has 0 aliphatic carbocycles. The molecule has 0 saturated heterocycles. The Morgan fingerprint density at radius 1 is 1.37 bits per heavy atom. The Balaban J connectivity index is 1.83. The number of hydrogen-bond acceptors (Lipinski definition) is 3. The van der Waals surface area contributed by atoms with Crippen LogP contribution in [0.2, 0.25) is 0 Å². The molecule has 0 radical (unpaired) electrons. The summed E-state index contributed by atoms with van der Waals surface area (Å²) < 4.78 is 7.78. The number of para-hydroxylation sites is 1. The summed E-state index contributed by atoms with van der Waals surface area (Å²) >= 11 is 0. The lowest BCUT2D eigenvalue weighted by molar-refractivity contribution is 0.300. The number of ether oxygens (including phenoxy) is 1. The molecule has 1 aromatic heterocycles. The van der Waals surface area contributed by atoms with Gasteiger partial charge in [-0.15, -0.1) is 0 Å². The fourth-order valence-electron chi connectivity index (χ4n) is 1.96. The maximum Gasteiger partial charge on any atom is 0.137 e. The van der Waals surface area contributed by atoms with Crippen molar-refractivity contribution < 1.29 is 4.74 Å². The molecule has 0 aliphatic rings. The molecule has 4 nitrogen and oxygen atoms in total. The molecule has 4 heteroatoms. The Morgan fingerprint density at radius 2 is 2.21 bits per heavy atom. The first kappa shape index (κ1) is 13.2. The average Bonchev–Trinajstić information content (AvgIpc) is 2.91. The van der Waals surface area contributed by atoms with Crippen LogP contribution in [0, 0.1) is 11.3 Å². The maximum atomic E-state index is 8.95. The highest BCUT2D eigenvalue weighted by Crippen LogP contribution is 2.16. The molecule has 0 bridgehead atoms. The van der Waals surface area contributed by atoms with Crippen LogP contribution in [0.25, 0.3) is 0 Å². The quantitative estimate of drug-likeness (QED) is 0.746. The second-order valence-corrected chi connectivity index (χ2v) is 4.20. The first-order chi connectivity index (χ1) is 9.35. The van der Waals surface area contributed by atoms with E-state index in [0.717, 1.165) is 25.2 Å². The summed E-state index contributed by atoms with van der Waals surface area (Å²) in [5.74, 6) is 1.75. The molecule has 19 heavy (non-hydrogen) atoms. The molecular formula is C15H17N3O. The van der Waals surface area contributed by atoms with Crippen molar-refractivity contribution in [2.75, 3.05) is 6.61 Å². The second kappa shape index (κ2) is 6.60. The Bertz CT molecular complexity index is 569. The van der Waals surface area contributed by atoms with Crippen LogP contribution in [-0.2, 0) is 13.0 Å². The topological polar surface area (TPSA) is 50.8 Å². The van der Waals surface area contributed by atoms with E-state index in [2.05, 4.69) is 22.5 Å². The Labute approximate surface area is 113 Å². The van der Waals surface area contributed by atoms with Crippen LogP contribution in [-0.4, -0.2) is 16.2 Å². The lowest BCUT2D eigenvalue weighted by Gasteiger charge is -2.09. The SMILES string of the molecule is CCc1nccn1CCCOc1ccccc1C#N. The molecule has 0 spiro atoms. The summed E-state index contributed by atoms with van der Waals surface area (Å²) in [6.45, 7) is 3.58. The van der Waals surface area contributed by atoms with Crippen LogP contribution in [0.3, 0.4) is 0 Å². The number of imidazole rings is 1. The number of nitrogens with zero attached hydrogens (tertiary/aromatic N) is 3. The minimum Gasteiger partial charge on any atom is -0.492 e. The summed E-state index contributed by atoms with van der Waals surface area (Å²) in [6.07, 6.45) is 5.64. The van der Waals surface area contributed by atoms with Crippen LogP contribution < -0.4 is 4.74 Å². The molecule has 0 aliphatic heterocycles. The summed E-state index contributed by atoms with van der Waals surface area (Å²) in [5, 5.41) is 8.95. The minimum absolute atomic E-state index is 0.583. The van der Waals surface area contributed by atoms with E-state index < -0.39 is 0 Å². The number of benzene rings is 1. The van der Waals surface area contributed by atoms with Gasteiger partial charge in [-0.1, -0.05) is 19.1 Å². The molecule has 0 unspecified atom stereocenters. The lowest BCUT2D eigenvalue weighted by atomic mass is 10.2. The number of aryl methyl sites for hydroxylation is 2. The molecule has 1 heterocycles. The van der Waals surface area contributed by atoms with Crippen LogP contribution >= 0.6 is 0 Å². The highest BCUT2D eigenvalue weighted by atomic mass is 16.5. The van der Waals surface area contributed by atoms with Crippen molar-refractivity contribution >= 4 is 0 Å². The Morgan fingerprint density at radius 3 is 3.00 bits per heavy atom. The molecule has 0 amide bonds. The normalized spacial score (nSPS) is 10.1. The van der Waals surface area contributed by atoms with Crippen LogP contribution in [0.5, 0.6) is 5.75 Å². The first-order valence-corrected chi connectivity index (χ1v) is 6.47. The third kappa shape index (κ3) is 3.35. The predicted octanol–water partition coefficient (Wildman–Crippen LogP) is 2.79. The highest BCUT2D eigenvalue weighted by molar-refractivity contribution is 5.42. The Hall–Kier alpha value is -2.28. The lowest BCUT2D eigenvalue weighted by Crippen LogP contribution is -2.07. The van der Waals surface area contributed by atoms with Crippen molar-refractivity contribution in [3.8, 4) is 11.8 Å². The fourth-order valence-corrected chi connectivity index (χ4v) is 1.96. The van der Waals surface area contributed by atoms with Crippen molar-refractivity contribution in [2.45, 2.75) is 26.3 Å². The maximum absolute atomic E-state index is 8.95. The van der Waals surface area contributed by atoms with Gasteiger partial charge in [-0.05, 0) is 18.6 Å². The van der Waals surface area contributed by atoms with Crippen molar-refractivity contribution in [3.63, 3.8) is 0 Å². The van der Waals surface area contributed by atoms with Crippen LogP contribution in [0.4, 0.5) is 0 Å². The van der Waals surface area contributed by atoms with Crippen LogP contribution in [0.15, 0.2) is 36.7 Å². The molecule has 1 aromatic carbocycles. The standard InChI is InChI=1S/C15H17N3O/c1-2-15-17-8-10-18(15)9-5-11-19-14-7-4-3-6-13(14)12-16/h3-4,6-8,10H,2,5,9,11H2,1H3. The summed E-state index contributed by atoms with van der Waals surface area (Å²) in [6, 6.07) is 9.43. The van der Waals surface area contributed by atoms with E-state index >= 15 is 0 Å². The summed E-state index contributed by atoms with van der Waals surface area (Å²) in [7, 11) is 0. The van der Waals surface area contributed by atoms with Gasteiger partial charge in [0.25, 0.3) is 0 Å². The average molecular weight is 255 g/mol. The van der Waals surface area contributed by atoms with Gasteiger partial charge in [-0.3, -0.25) is 0 Å². The highest BCUT2D eigenvalue weighted by Gasteiger charge is 2.02. The zero-order valence-electron chi connectivity index (χ0n) is 11.0. The number of rotatable bonds is 6. The van der Waals surface area contributed by atoms with Gasteiger partial charge in [0.05, 0.1) is 12.2 Å². The molecule has 0 atom stereocenters. The van der Waals surface area contributed by atoms with Gasteiger partial charge in [-0.25, -0.2) is 4.98 Å². The van der Waals surface area contributed by atoms with E-state index in [4.69, 9.17) is 10.00 Å². The molecule has 2 rings (SSSR count). The van der Waals surface area contributed by atoms with Gasteiger partial charge in [0.2, 0.25) is 0 Å². The molecule has 2 aromatic rings. The van der Waals surface area contributed by atoms with Crippen molar-refractivity contribution in [2.24, 2.45) is 0 Å². The molecule has 98 valence electrons. The number of nitriles is 1. The third-order valence-electron chi connectivity index (χ3n) is 2.93. The fraction of sp³-hybridized carbons (Fsp3) is 0.333. The van der Waals surface area contributed by atoms with Gasteiger partial charge in [0.15, 0.2) is 0 Å². The second-order valence-electron chi connectivity index (χ2n) is 4.20.